The van der Waals surface area contributed by atoms with E-state index in [1.807, 2.05) is 18.2 Å². The zero-order valence-corrected chi connectivity index (χ0v) is 10.7. The summed E-state index contributed by atoms with van der Waals surface area (Å²) in [4.78, 5) is 0. The SMILES string of the molecule is NCc1cc(-c2cccc(Cl)c2)cc2c1OCC2. The summed E-state index contributed by atoms with van der Waals surface area (Å²) in [5.74, 6) is 0.975. The fourth-order valence-electron chi connectivity index (χ4n) is 2.37. The van der Waals surface area contributed by atoms with Gasteiger partial charge in [0, 0.05) is 23.6 Å². The average Bonchev–Trinajstić information content (AvgIpc) is 2.85. The molecule has 3 rings (SSSR count). The lowest BCUT2D eigenvalue weighted by Gasteiger charge is -2.10. The highest BCUT2D eigenvalue weighted by atomic mass is 35.5. The molecule has 3 heteroatoms. The Hall–Kier alpha value is -1.51. The minimum atomic E-state index is 0.497. The van der Waals surface area contributed by atoms with Crippen molar-refractivity contribution in [2.24, 2.45) is 5.73 Å². The fraction of sp³-hybridized carbons (Fsp3) is 0.200. The summed E-state index contributed by atoms with van der Waals surface area (Å²) in [7, 11) is 0. The Morgan fingerprint density at radius 2 is 2.06 bits per heavy atom. The summed E-state index contributed by atoms with van der Waals surface area (Å²) >= 11 is 6.04. The van der Waals surface area contributed by atoms with Gasteiger partial charge in [-0.2, -0.15) is 0 Å². The summed E-state index contributed by atoms with van der Waals surface area (Å²) < 4.78 is 5.63. The maximum absolute atomic E-state index is 6.04. The molecule has 2 nitrogen and oxygen atoms in total. The topological polar surface area (TPSA) is 35.2 Å². The highest BCUT2D eigenvalue weighted by molar-refractivity contribution is 6.30. The van der Waals surface area contributed by atoms with E-state index in [0.717, 1.165) is 40.5 Å². The third kappa shape index (κ3) is 1.98. The first kappa shape index (κ1) is 11.6. The van der Waals surface area contributed by atoms with Crippen molar-refractivity contribution in [2.75, 3.05) is 6.61 Å². The highest BCUT2D eigenvalue weighted by Gasteiger charge is 2.17. The van der Waals surface area contributed by atoms with Crippen LogP contribution in [0.25, 0.3) is 11.1 Å². The van der Waals surface area contributed by atoms with Gasteiger partial charge >= 0.3 is 0 Å². The lowest BCUT2D eigenvalue weighted by atomic mass is 9.98. The molecule has 0 radical (unpaired) electrons. The highest BCUT2D eigenvalue weighted by Crippen LogP contribution is 2.35. The molecule has 92 valence electrons. The van der Waals surface area contributed by atoms with Crippen molar-refractivity contribution in [3.05, 3.63) is 52.5 Å². The van der Waals surface area contributed by atoms with Crippen LogP contribution in [0.5, 0.6) is 5.75 Å². The zero-order chi connectivity index (χ0) is 12.5. The van der Waals surface area contributed by atoms with Crippen LogP contribution in [0.1, 0.15) is 11.1 Å². The van der Waals surface area contributed by atoms with Crippen LogP contribution < -0.4 is 10.5 Å². The minimum absolute atomic E-state index is 0.497. The number of benzene rings is 2. The van der Waals surface area contributed by atoms with Gasteiger partial charge < -0.3 is 10.5 Å². The average molecular weight is 260 g/mol. The maximum Gasteiger partial charge on any atom is 0.127 e. The Kier molecular flexibility index (Phi) is 2.98. The van der Waals surface area contributed by atoms with Gasteiger partial charge in [-0.1, -0.05) is 23.7 Å². The van der Waals surface area contributed by atoms with E-state index in [1.54, 1.807) is 0 Å². The number of hydrogen-bond acceptors (Lipinski definition) is 2. The Bertz CT molecular complexity index is 595. The third-order valence-corrected chi connectivity index (χ3v) is 3.47. The Balaban J connectivity index is 2.13. The van der Waals surface area contributed by atoms with E-state index in [4.69, 9.17) is 22.1 Å². The van der Waals surface area contributed by atoms with Crippen molar-refractivity contribution < 1.29 is 4.74 Å². The fourth-order valence-corrected chi connectivity index (χ4v) is 2.57. The molecule has 2 N–H and O–H groups in total. The molecule has 0 saturated heterocycles. The summed E-state index contributed by atoms with van der Waals surface area (Å²) in [6.07, 6.45) is 0.955. The van der Waals surface area contributed by atoms with E-state index >= 15 is 0 Å². The lowest BCUT2D eigenvalue weighted by molar-refractivity contribution is 0.353. The van der Waals surface area contributed by atoms with Gasteiger partial charge in [0.25, 0.3) is 0 Å². The van der Waals surface area contributed by atoms with Crippen LogP contribution in [0.3, 0.4) is 0 Å². The normalized spacial score (nSPS) is 13.2. The van der Waals surface area contributed by atoms with Gasteiger partial charge in [-0.25, -0.2) is 0 Å². The summed E-state index contributed by atoms with van der Waals surface area (Å²) in [5, 5.41) is 0.749. The predicted molar refractivity (Wildman–Crippen MR) is 74.0 cm³/mol. The van der Waals surface area contributed by atoms with Crippen molar-refractivity contribution in [1.82, 2.24) is 0 Å². The van der Waals surface area contributed by atoms with Crippen LogP contribution in [0.2, 0.25) is 5.02 Å². The summed E-state index contributed by atoms with van der Waals surface area (Å²) in [6, 6.07) is 12.1. The predicted octanol–water partition coefficient (Wildman–Crippen LogP) is 3.40. The largest absolute Gasteiger partial charge is 0.493 e. The van der Waals surface area contributed by atoms with E-state index in [1.165, 1.54) is 5.56 Å². The van der Waals surface area contributed by atoms with Crippen LogP contribution in [-0.2, 0) is 13.0 Å². The molecule has 0 atom stereocenters. The molecule has 0 amide bonds. The minimum Gasteiger partial charge on any atom is -0.493 e. The molecule has 1 aliphatic rings. The molecule has 0 saturated carbocycles. The van der Waals surface area contributed by atoms with Crippen molar-refractivity contribution in [2.45, 2.75) is 13.0 Å². The Morgan fingerprint density at radius 1 is 1.17 bits per heavy atom. The smallest absolute Gasteiger partial charge is 0.127 e. The van der Waals surface area contributed by atoms with Crippen molar-refractivity contribution in [3.63, 3.8) is 0 Å². The molecule has 0 unspecified atom stereocenters. The van der Waals surface area contributed by atoms with Crippen LogP contribution in [0, 0.1) is 0 Å². The summed E-state index contributed by atoms with van der Waals surface area (Å²) in [5.41, 5.74) is 10.4. The molecule has 0 aromatic heterocycles. The molecule has 2 aromatic rings. The number of hydrogen-bond donors (Lipinski definition) is 1. The van der Waals surface area contributed by atoms with Gasteiger partial charge in [-0.05, 0) is 41.0 Å². The van der Waals surface area contributed by atoms with Crippen molar-refractivity contribution in [3.8, 4) is 16.9 Å². The number of ether oxygens (including phenoxy) is 1. The maximum atomic E-state index is 6.04. The molecule has 0 bridgehead atoms. The molecule has 1 aliphatic heterocycles. The molecule has 1 heterocycles. The first-order valence-corrected chi connectivity index (χ1v) is 6.40. The van der Waals surface area contributed by atoms with Gasteiger partial charge in [0.15, 0.2) is 0 Å². The first-order chi connectivity index (χ1) is 8.78. The number of fused-ring (bicyclic) bond motifs is 1. The van der Waals surface area contributed by atoms with Crippen LogP contribution in [-0.4, -0.2) is 6.61 Å². The van der Waals surface area contributed by atoms with Crippen LogP contribution >= 0.6 is 11.6 Å². The molecule has 18 heavy (non-hydrogen) atoms. The molecule has 2 aromatic carbocycles. The molecule has 0 fully saturated rings. The standard InChI is InChI=1S/C15H14ClNO/c16-14-3-1-2-10(8-14)12-6-11-4-5-18-15(11)13(7-12)9-17/h1-3,6-8H,4-5,9,17H2. The van der Waals surface area contributed by atoms with Gasteiger partial charge in [-0.15, -0.1) is 0 Å². The van der Waals surface area contributed by atoms with Gasteiger partial charge in [0.2, 0.25) is 0 Å². The second-order valence-electron chi connectivity index (χ2n) is 4.44. The molecular formula is C15H14ClNO. The van der Waals surface area contributed by atoms with E-state index in [2.05, 4.69) is 18.2 Å². The first-order valence-electron chi connectivity index (χ1n) is 6.02. The van der Waals surface area contributed by atoms with E-state index < -0.39 is 0 Å². The van der Waals surface area contributed by atoms with Crippen molar-refractivity contribution in [1.29, 1.82) is 0 Å². The number of nitrogens with two attached hydrogens (primary N) is 1. The molecular weight excluding hydrogens is 246 g/mol. The number of halogens is 1. The third-order valence-electron chi connectivity index (χ3n) is 3.24. The summed E-state index contributed by atoms with van der Waals surface area (Å²) in [6.45, 7) is 1.25. The number of rotatable bonds is 2. The Morgan fingerprint density at radius 3 is 2.83 bits per heavy atom. The van der Waals surface area contributed by atoms with Crippen LogP contribution in [0.15, 0.2) is 36.4 Å². The van der Waals surface area contributed by atoms with Gasteiger partial charge in [0.05, 0.1) is 6.61 Å². The zero-order valence-electron chi connectivity index (χ0n) is 9.95. The van der Waals surface area contributed by atoms with E-state index in [9.17, 15) is 0 Å². The second-order valence-corrected chi connectivity index (χ2v) is 4.87. The van der Waals surface area contributed by atoms with Gasteiger partial charge in [-0.3, -0.25) is 0 Å². The van der Waals surface area contributed by atoms with E-state index in [-0.39, 0.29) is 0 Å². The Labute approximate surface area is 111 Å². The van der Waals surface area contributed by atoms with Crippen LogP contribution in [0.4, 0.5) is 0 Å². The van der Waals surface area contributed by atoms with Gasteiger partial charge in [0.1, 0.15) is 5.75 Å². The monoisotopic (exact) mass is 259 g/mol. The molecule has 0 aliphatic carbocycles. The second kappa shape index (κ2) is 4.63. The van der Waals surface area contributed by atoms with E-state index in [0.29, 0.717) is 6.54 Å². The lowest BCUT2D eigenvalue weighted by Crippen LogP contribution is -2.00. The molecule has 0 spiro atoms. The quantitative estimate of drug-likeness (QED) is 0.897. The van der Waals surface area contributed by atoms with Crippen molar-refractivity contribution >= 4 is 11.6 Å².